The van der Waals surface area contributed by atoms with Gasteiger partial charge in [0.2, 0.25) is 0 Å². The summed E-state index contributed by atoms with van der Waals surface area (Å²) in [5.74, 6) is -0.732. The van der Waals surface area contributed by atoms with E-state index in [1.54, 1.807) is 30.3 Å². The van der Waals surface area contributed by atoms with E-state index in [2.05, 4.69) is 10.6 Å². The van der Waals surface area contributed by atoms with E-state index in [0.29, 0.717) is 22.0 Å². The van der Waals surface area contributed by atoms with Crippen LogP contribution in [-0.2, 0) is 0 Å². The molecule has 0 aliphatic rings. The number of benzene rings is 3. The monoisotopic (exact) mass is 425 g/mol. The lowest BCUT2D eigenvalue weighted by molar-refractivity contribution is 0.0954. The number of urea groups is 1. The highest BCUT2D eigenvalue weighted by Crippen LogP contribution is 2.19. The summed E-state index contributed by atoms with van der Waals surface area (Å²) in [4.78, 5) is 26.8. The first kappa shape index (κ1) is 21.3. The van der Waals surface area contributed by atoms with Crippen molar-refractivity contribution in [2.24, 2.45) is 0 Å². The number of amides is 3. The Hall–Kier alpha value is -3.38. The summed E-state index contributed by atoms with van der Waals surface area (Å²) in [7, 11) is 0. The summed E-state index contributed by atoms with van der Waals surface area (Å²) in [5.41, 5.74) is 2.46. The summed E-state index contributed by atoms with van der Waals surface area (Å²) >= 11 is 6.06. The van der Waals surface area contributed by atoms with Gasteiger partial charge >= 0.3 is 6.03 Å². The van der Waals surface area contributed by atoms with E-state index >= 15 is 0 Å². The highest BCUT2D eigenvalue weighted by Gasteiger charge is 2.17. The second-order valence-corrected chi connectivity index (χ2v) is 7.02. The number of anilines is 2. The van der Waals surface area contributed by atoms with Crippen LogP contribution in [0.3, 0.4) is 0 Å². The molecule has 0 aliphatic carbocycles. The molecule has 0 aromatic heterocycles. The Morgan fingerprint density at radius 2 is 1.63 bits per heavy atom. The van der Waals surface area contributed by atoms with Crippen LogP contribution in [0.4, 0.5) is 20.6 Å². The minimum Gasteiger partial charge on any atom is -0.350 e. The molecule has 0 aliphatic heterocycles. The third-order valence-corrected chi connectivity index (χ3v) is 4.84. The topological polar surface area (TPSA) is 61.4 Å². The first-order chi connectivity index (χ1) is 14.5. The smallest absolute Gasteiger partial charge is 0.326 e. The molecular formula is C23H21ClFN3O2. The number of nitrogens with one attached hydrogen (secondary N) is 2. The molecule has 2 N–H and O–H groups in total. The number of carbonyl (C=O) groups is 2. The van der Waals surface area contributed by atoms with Gasteiger partial charge in [-0.3, -0.25) is 9.69 Å². The first-order valence-electron chi connectivity index (χ1n) is 9.38. The van der Waals surface area contributed by atoms with Crippen molar-refractivity contribution in [1.29, 1.82) is 0 Å². The molecule has 3 amide bonds. The molecule has 154 valence electrons. The zero-order chi connectivity index (χ0) is 21.5. The van der Waals surface area contributed by atoms with Crippen molar-refractivity contribution in [3.8, 4) is 0 Å². The van der Waals surface area contributed by atoms with Crippen LogP contribution < -0.4 is 15.5 Å². The van der Waals surface area contributed by atoms with Crippen LogP contribution >= 0.6 is 11.6 Å². The molecule has 7 heteroatoms. The lowest BCUT2D eigenvalue weighted by Crippen LogP contribution is -2.41. The molecular weight excluding hydrogens is 405 g/mol. The van der Waals surface area contributed by atoms with Gasteiger partial charge in [0.1, 0.15) is 5.82 Å². The molecule has 0 saturated carbocycles. The fourth-order valence-electron chi connectivity index (χ4n) is 2.89. The maximum absolute atomic E-state index is 13.3. The molecule has 0 saturated heterocycles. The van der Waals surface area contributed by atoms with Crippen molar-refractivity contribution in [1.82, 2.24) is 5.32 Å². The number of hydrogen-bond donors (Lipinski definition) is 2. The molecule has 0 bridgehead atoms. The molecule has 0 atom stereocenters. The fourth-order valence-corrected chi connectivity index (χ4v) is 3.11. The van der Waals surface area contributed by atoms with Gasteiger partial charge in [-0.1, -0.05) is 41.9 Å². The van der Waals surface area contributed by atoms with Gasteiger partial charge in [0.05, 0.1) is 10.6 Å². The van der Waals surface area contributed by atoms with Crippen molar-refractivity contribution in [3.63, 3.8) is 0 Å². The van der Waals surface area contributed by atoms with Gasteiger partial charge in [-0.2, -0.15) is 0 Å². The third-order valence-electron chi connectivity index (χ3n) is 4.51. The lowest BCUT2D eigenvalue weighted by atomic mass is 10.2. The van der Waals surface area contributed by atoms with Crippen molar-refractivity contribution in [3.05, 3.63) is 94.8 Å². The highest BCUT2D eigenvalue weighted by atomic mass is 35.5. The van der Waals surface area contributed by atoms with Crippen LogP contribution in [-0.4, -0.2) is 25.0 Å². The van der Waals surface area contributed by atoms with Crippen molar-refractivity contribution in [2.45, 2.75) is 6.92 Å². The molecule has 0 spiro atoms. The van der Waals surface area contributed by atoms with Crippen LogP contribution in [0.15, 0.2) is 72.8 Å². The van der Waals surface area contributed by atoms with E-state index in [-0.39, 0.29) is 25.0 Å². The largest absolute Gasteiger partial charge is 0.350 e. The molecule has 30 heavy (non-hydrogen) atoms. The number of rotatable bonds is 6. The summed E-state index contributed by atoms with van der Waals surface area (Å²) in [5, 5.41) is 5.97. The second-order valence-electron chi connectivity index (χ2n) is 6.61. The van der Waals surface area contributed by atoms with Crippen LogP contribution in [0.5, 0.6) is 0 Å². The van der Waals surface area contributed by atoms with E-state index in [4.69, 9.17) is 11.6 Å². The Balaban J connectivity index is 1.72. The Bertz CT molecular complexity index is 1040. The van der Waals surface area contributed by atoms with E-state index in [1.165, 1.54) is 29.2 Å². The second kappa shape index (κ2) is 9.89. The van der Waals surface area contributed by atoms with E-state index in [9.17, 15) is 14.0 Å². The van der Waals surface area contributed by atoms with E-state index < -0.39 is 5.82 Å². The number of hydrogen-bond acceptors (Lipinski definition) is 2. The number of carbonyl (C=O) groups excluding carboxylic acids is 2. The van der Waals surface area contributed by atoms with Gasteiger partial charge in [-0.25, -0.2) is 9.18 Å². The maximum Gasteiger partial charge on any atom is 0.326 e. The van der Waals surface area contributed by atoms with Gasteiger partial charge in [0.25, 0.3) is 5.91 Å². The molecule has 0 heterocycles. The molecule has 3 aromatic rings. The summed E-state index contributed by atoms with van der Waals surface area (Å²) in [6.07, 6.45) is 0. The third kappa shape index (κ3) is 5.36. The van der Waals surface area contributed by atoms with Crippen LogP contribution in [0, 0.1) is 12.7 Å². The van der Waals surface area contributed by atoms with Gasteiger partial charge in [0, 0.05) is 24.5 Å². The maximum atomic E-state index is 13.3. The van der Waals surface area contributed by atoms with Crippen molar-refractivity contribution < 1.29 is 14.0 Å². The number of para-hydroxylation sites is 1. The minimum absolute atomic E-state index is 0.180. The molecule has 0 radical (unpaired) electrons. The minimum atomic E-state index is -0.398. The number of halogens is 2. The Kier molecular flexibility index (Phi) is 7.03. The summed E-state index contributed by atoms with van der Waals surface area (Å²) < 4.78 is 13.3. The Morgan fingerprint density at radius 1 is 0.967 bits per heavy atom. The Labute approximate surface area is 179 Å². The zero-order valence-electron chi connectivity index (χ0n) is 16.4. The Morgan fingerprint density at radius 3 is 2.33 bits per heavy atom. The molecule has 0 fully saturated rings. The van der Waals surface area contributed by atoms with E-state index in [0.717, 1.165) is 5.56 Å². The molecule has 5 nitrogen and oxygen atoms in total. The predicted octanol–water partition coefficient (Wildman–Crippen LogP) is 5.26. The quantitative estimate of drug-likeness (QED) is 0.566. The normalized spacial score (nSPS) is 10.4. The fraction of sp³-hybridized carbons (Fsp3) is 0.130. The van der Waals surface area contributed by atoms with Crippen LogP contribution in [0.1, 0.15) is 15.9 Å². The molecule has 0 unspecified atom stereocenters. The van der Waals surface area contributed by atoms with Crippen molar-refractivity contribution >= 4 is 34.9 Å². The summed E-state index contributed by atoms with van der Waals surface area (Å²) in [6.45, 7) is 2.25. The average Bonchev–Trinajstić information content (AvgIpc) is 2.74. The highest BCUT2D eigenvalue weighted by molar-refractivity contribution is 6.33. The van der Waals surface area contributed by atoms with Crippen LogP contribution in [0.2, 0.25) is 5.02 Å². The lowest BCUT2D eigenvalue weighted by Gasteiger charge is -2.24. The van der Waals surface area contributed by atoms with E-state index in [1.807, 2.05) is 25.1 Å². The van der Waals surface area contributed by atoms with Gasteiger partial charge in [-0.15, -0.1) is 0 Å². The SMILES string of the molecule is Cc1ccccc1NC(=O)N(CCNC(=O)c1ccccc1Cl)c1ccc(F)cc1. The number of aryl methyl sites for hydroxylation is 1. The van der Waals surface area contributed by atoms with Gasteiger partial charge < -0.3 is 10.6 Å². The zero-order valence-corrected chi connectivity index (χ0v) is 17.1. The molecule has 3 aromatic carbocycles. The standard InChI is InChI=1S/C23H21ClFN3O2/c1-16-6-2-5-9-21(16)27-23(30)28(18-12-10-17(25)11-13-18)15-14-26-22(29)19-7-3-4-8-20(19)24/h2-13H,14-15H2,1H3,(H,26,29)(H,27,30). The summed E-state index contributed by atoms with van der Waals surface area (Å²) in [6, 6.07) is 19.3. The number of nitrogens with zero attached hydrogens (tertiary/aromatic N) is 1. The first-order valence-corrected chi connectivity index (χ1v) is 9.76. The van der Waals surface area contributed by atoms with Gasteiger partial charge in [0.15, 0.2) is 0 Å². The average molecular weight is 426 g/mol. The van der Waals surface area contributed by atoms with Crippen molar-refractivity contribution in [2.75, 3.05) is 23.3 Å². The molecule has 3 rings (SSSR count). The van der Waals surface area contributed by atoms with Gasteiger partial charge in [-0.05, 0) is 55.0 Å². The van der Waals surface area contributed by atoms with Crippen LogP contribution in [0.25, 0.3) is 0 Å². The predicted molar refractivity (Wildman–Crippen MR) is 118 cm³/mol.